The van der Waals surface area contributed by atoms with Crippen LogP contribution in [-0.4, -0.2) is 25.7 Å². The molecule has 3 aromatic heterocycles. The molecule has 3 heterocycles. The van der Waals surface area contributed by atoms with Crippen LogP contribution in [0.5, 0.6) is 0 Å². The van der Waals surface area contributed by atoms with Crippen LogP contribution >= 0.6 is 22.7 Å². The number of carbonyl (C=O) groups excluding carboxylic acids is 1. The van der Waals surface area contributed by atoms with Crippen LogP contribution in [0.25, 0.3) is 31.9 Å². The Labute approximate surface area is 197 Å². The lowest BCUT2D eigenvalue weighted by Crippen LogP contribution is -2.23. The Bertz CT molecular complexity index is 1490. The molecule has 0 aliphatic carbocycles. The van der Waals surface area contributed by atoms with Crippen molar-refractivity contribution in [2.75, 3.05) is 5.32 Å². The Kier molecular flexibility index (Phi) is 5.80. The lowest BCUT2D eigenvalue weighted by molar-refractivity contribution is -0.116. The zero-order valence-corrected chi connectivity index (χ0v) is 19.3. The van der Waals surface area contributed by atoms with E-state index in [-0.39, 0.29) is 24.4 Å². The van der Waals surface area contributed by atoms with E-state index in [9.17, 15) is 9.59 Å². The van der Waals surface area contributed by atoms with E-state index in [0.29, 0.717) is 15.3 Å². The summed E-state index contributed by atoms with van der Waals surface area (Å²) in [5.74, 6) is -0.234. The molecule has 5 aromatic rings. The molecular formula is C24H19N5O2S2. The van der Waals surface area contributed by atoms with Crippen LogP contribution < -0.4 is 10.9 Å². The van der Waals surface area contributed by atoms with Crippen LogP contribution in [0.15, 0.2) is 71.1 Å². The average molecular weight is 474 g/mol. The second kappa shape index (κ2) is 9.05. The highest BCUT2D eigenvalue weighted by Crippen LogP contribution is 2.31. The quantitative estimate of drug-likeness (QED) is 0.376. The lowest BCUT2D eigenvalue weighted by atomic mass is 10.1. The molecule has 0 spiro atoms. The number of rotatable bonds is 6. The van der Waals surface area contributed by atoms with Crippen molar-refractivity contribution in [3.8, 4) is 21.7 Å². The van der Waals surface area contributed by atoms with Crippen molar-refractivity contribution >= 4 is 43.9 Å². The summed E-state index contributed by atoms with van der Waals surface area (Å²) >= 11 is 2.75. The van der Waals surface area contributed by atoms with Crippen LogP contribution in [0.4, 0.5) is 5.13 Å². The minimum atomic E-state index is -0.234. The Morgan fingerprint density at radius 2 is 1.82 bits per heavy atom. The van der Waals surface area contributed by atoms with E-state index in [1.165, 1.54) is 33.6 Å². The number of carbonyl (C=O) groups is 1. The average Bonchev–Trinajstić information content (AvgIpc) is 3.47. The maximum absolute atomic E-state index is 13.2. The van der Waals surface area contributed by atoms with E-state index < -0.39 is 0 Å². The molecule has 0 aliphatic heterocycles. The highest BCUT2D eigenvalue weighted by molar-refractivity contribution is 7.18. The van der Waals surface area contributed by atoms with Crippen LogP contribution in [-0.2, 0) is 11.3 Å². The van der Waals surface area contributed by atoms with Gasteiger partial charge in [-0.3, -0.25) is 14.2 Å². The van der Waals surface area contributed by atoms with Crippen molar-refractivity contribution in [3.05, 3.63) is 82.2 Å². The summed E-state index contributed by atoms with van der Waals surface area (Å²) in [6.45, 7) is 2.25. The second-order valence-electron chi connectivity index (χ2n) is 7.52. The van der Waals surface area contributed by atoms with Crippen LogP contribution in [0.3, 0.4) is 0 Å². The van der Waals surface area contributed by atoms with Gasteiger partial charge < -0.3 is 5.32 Å². The van der Waals surface area contributed by atoms with Gasteiger partial charge in [-0.25, -0.2) is 4.98 Å². The van der Waals surface area contributed by atoms with Gasteiger partial charge in [-0.2, -0.15) is 0 Å². The molecule has 5 rings (SSSR count). The normalized spacial score (nSPS) is 11.1. The molecular weight excluding hydrogens is 454 g/mol. The first-order valence-electron chi connectivity index (χ1n) is 10.3. The monoisotopic (exact) mass is 473 g/mol. The van der Waals surface area contributed by atoms with Crippen molar-refractivity contribution in [2.24, 2.45) is 0 Å². The van der Waals surface area contributed by atoms with Gasteiger partial charge in [0, 0.05) is 29.5 Å². The maximum atomic E-state index is 13.2. The summed E-state index contributed by atoms with van der Waals surface area (Å²) in [6, 6.07) is 17.7. The number of benzene rings is 2. The van der Waals surface area contributed by atoms with Gasteiger partial charge in [-0.15, -0.1) is 21.5 Å². The molecule has 0 aliphatic rings. The highest BCUT2D eigenvalue weighted by atomic mass is 32.1. The number of aromatic nitrogens is 4. The highest BCUT2D eigenvalue weighted by Gasteiger charge is 2.15. The molecule has 0 radical (unpaired) electrons. The van der Waals surface area contributed by atoms with Crippen LogP contribution in [0.2, 0.25) is 0 Å². The standard InChI is InChI=1S/C24H19N5O2S2/c1-15-7-9-16(10-8-15)18-13-32-22-20(18)23(31)29(14-25-22)12-11-19(30)26-24-28-27-21(33-24)17-5-3-2-4-6-17/h2-10,13-14H,11-12H2,1H3,(H,26,28,30). The zero-order chi connectivity index (χ0) is 22.8. The number of thiophene rings is 1. The number of nitrogens with zero attached hydrogens (tertiary/aromatic N) is 4. The summed E-state index contributed by atoms with van der Waals surface area (Å²) in [4.78, 5) is 30.8. The number of aryl methyl sites for hydroxylation is 2. The fraction of sp³-hybridized carbons (Fsp3) is 0.125. The molecule has 0 fully saturated rings. The fourth-order valence-corrected chi connectivity index (χ4v) is 5.12. The number of nitrogens with one attached hydrogen (secondary N) is 1. The maximum Gasteiger partial charge on any atom is 0.262 e. The van der Waals surface area contributed by atoms with Crippen molar-refractivity contribution < 1.29 is 4.79 Å². The van der Waals surface area contributed by atoms with E-state index in [1.54, 1.807) is 0 Å². The van der Waals surface area contributed by atoms with Gasteiger partial charge in [-0.1, -0.05) is 71.5 Å². The third kappa shape index (κ3) is 4.46. The lowest BCUT2D eigenvalue weighted by Gasteiger charge is -2.06. The molecule has 0 unspecified atom stereocenters. The van der Waals surface area contributed by atoms with E-state index >= 15 is 0 Å². The molecule has 0 bridgehead atoms. The molecule has 1 N–H and O–H groups in total. The Balaban J connectivity index is 1.31. The molecule has 33 heavy (non-hydrogen) atoms. The van der Waals surface area contributed by atoms with Crippen LogP contribution in [0, 0.1) is 6.92 Å². The third-order valence-corrected chi connectivity index (χ3v) is 6.97. The minimum absolute atomic E-state index is 0.122. The molecule has 1 amide bonds. The SMILES string of the molecule is Cc1ccc(-c2csc3ncn(CCC(=O)Nc4nnc(-c5ccccc5)s4)c(=O)c23)cc1. The molecule has 2 aromatic carbocycles. The van der Waals surface area contributed by atoms with E-state index in [0.717, 1.165) is 27.3 Å². The third-order valence-electron chi connectivity index (χ3n) is 5.20. The fourth-order valence-electron chi connectivity index (χ4n) is 3.45. The first-order valence-corrected chi connectivity index (χ1v) is 12.0. The number of fused-ring (bicyclic) bond motifs is 1. The van der Waals surface area contributed by atoms with Gasteiger partial charge in [0.1, 0.15) is 9.84 Å². The first kappa shape index (κ1) is 21.2. The number of amides is 1. The first-order chi connectivity index (χ1) is 16.1. The Hall–Kier alpha value is -3.69. The number of anilines is 1. The van der Waals surface area contributed by atoms with Crippen molar-refractivity contribution in [3.63, 3.8) is 0 Å². The van der Waals surface area contributed by atoms with Gasteiger partial charge in [-0.05, 0) is 12.5 Å². The predicted molar refractivity (Wildman–Crippen MR) is 133 cm³/mol. The molecule has 7 nitrogen and oxygen atoms in total. The number of hydrogen-bond acceptors (Lipinski definition) is 7. The van der Waals surface area contributed by atoms with Crippen molar-refractivity contribution in [1.29, 1.82) is 0 Å². The van der Waals surface area contributed by atoms with Crippen molar-refractivity contribution in [2.45, 2.75) is 19.9 Å². The summed E-state index contributed by atoms with van der Waals surface area (Å²) in [7, 11) is 0. The number of hydrogen-bond donors (Lipinski definition) is 1. The smallest absolute Gasteiger partial charge is 0.262 e. The summed E-state index contributed by atoms with van der Waals surface area (Å²) in [5.41, 5.74) is 3.81. The van der Waals surface area contributed by atoms with Gasteiger partial charge >= 0.3 is 0 Å². The summed E-state index contributed by atoms with van der Waals surface area (Å²) in [5, 5.41) is 14.7. The zero-order valence-electron chi connectivity index (χ0n) is 17.7. The molecule has 164 valence electrons. The second-order valence-corrected chi connectivity index (χ2v) is 9.35. The van der Waals surface area contributed by atoms with Gasteiger partial charge in [0.05, 0.1) is 11.7 Å². The van der Waals surface area contributed by atoms with Crippen molar-refractivity contribution in [1.82, 2.24) is 19.7 Å². The molecule has 9 heteroatoms. The Morgan fingerprint density at radius 1 is 1.03 bits per heavy atom. The van der Waals surface area contributed by atoms with Gasteiger partial charge in [0.25, 0.3) is 5.56 Å². The van der Waals surface area contributed by atoms with Gasteiger partial charge in [0.2, 0.25) is 11.0 Å². The molecule has 0 atom stereocenters. The molecule has 0 saturated carbocycles. The largest absolute Gasteiger partial charge is 0.300 e. The van der Waals surface area contributed by atoms with E-state index in [1.807, 2.05) is 66.9 Å². The minimum Gasteiger partial charge on any atom is -0.300 e. The summed E-state index contributed by atoms with van der Waals surface area (Å²) in [6.07, 6.45) is 1.63. The predicted octanol–water partition coefficient (Wildman–Crippen LogP) is 4.98. The van der Waals surface area contributed by atoms with Gasteiger partial charge in [0.15, 0.2) is 0 Å². The van der Waals surface area contributed by atoms with E-state index in [4.69, 9.17) is 0 Å². The van der Waals surface area contributed by atoms with E-state index in [2.05, 4.69) is 20.5 Å². The Morgan fingerprint density at radius 3 is 2.61 bits per heavy atom. The summed E-state index contributed by atoms with van der Waals surface area (Å²) < 4.78 is 1.49. The van der Waals surface area contributed by atoms with Crippen LogP contribution in [0.1, 0.15) is 12.0 Å². The molecule has 0 saturated heterocycles. The topological polar surface area (TPSA) is 89.8 Å².